The number of rotatable bonds is 3. The van der Waals surface area contributed by atoms with Gasteiger partial charge in [-0.3, -0.25) is 4.79 Å². The average Bonchev–Trinajstić information content (AvgIpc) is 2.68. The Bertz CT molecular complexity index is 504. The fraction of sp³-hybridized carbons (Fsp3) is 0.0833. The number of halogens is 1. The summed E-state index contributed by atoms with van der Waals surface area (Å²) in [5, 5.41) is 1.90. The first-order chi connectivity index (χ1) is 7.66. The van der Waals surface area contributed by atoms with E-state index in [0.29, 0.717) is 12.1 Å². The highest BCUT2D eigenvalue weighted by atomic mass is 79.9. The van der Waals surface area contributed by atoms with E-state index in [1.54, 1.807) is 0 Å². The lowest BCUT2D eigenvalue weighted by atomic mass is 10.1. The van der Waals surface area contributed by atoms with Gasteiger partial charge in [0.2, 0.25) is 0 Å². The van der Waals surface area contributed by atoms with Gasteiger partial charge >= 0.3 is 0 Å². The third kappa shape index (κ3) is 2.51. The largest absolute Gasteiger partial charge is 0.399 e. The Morgan fingerprint density at radius 2 is 1.94 bits per heavy atom. The van der Waals surface area contributed by atoms with Gasteiger partial charge in [0.05, 0.1) is 4.88 Å². The molecular formula is C12H10BrNOS. The zero-order valence-corrected chi connectivity index (χ0v) is 10.8. The van der Waals surface area contributed by atoms with Gasteiger partial charge in [0.1, 0.15) is 0 Å². The molecule has 1 heterocycles. The molecule has 0 amide bonds. The molecule has 2 rings (SSSR count). The molecule has 0 aliphatic carbocycles. The van der Waals surface area contributed by atoms with Crippen molar-refractivity contribution in [2.75, 3.05) is 5.73 Å². The average molecular weight is 296 g/mol. The van der Waals surface area contributed by atoms with Crippen LogP contribution in [0.1, 0.15) is 15.2 Å². The Hall–Kier alpha value is -1.13. The Balaban J connectivity index is 2.14. The van der Waals surface area contributed by atoms with Crippen LogP contribution in [0.4, 0.5) is 5.69 Å². The molecule has 0 spiro atoms. The summed E-state index contributed by atoms with van der Waals surface area (Å²) < 4.78 is 0.873. The van der Waals surface area contributed by atoms with E-state index < -0.39 is 0 Å². The van der Waals surface area contributed by atoms with Gasteiger partial charge in [0, 0.05) is 16.6 Å². The van der Waals surface area contributed by atoms with E-state index in [9.17, 15) is 4.79 Å². The van der Waals surface area contributed by atoms with Gasteiger partial charge in [-0.25, -0.2) is 0 Å². The number of Topliss-reactive ketones (excluding diaryl/α,β-unsaturated/α-hetero) is 1. The molecule has 82 valence electrons. The molecule has 2 aromatic rings. The van der Waals surface area contributed by atoms with E-state index in [-0.39, 0.29) is 5.78 Å². The van der Waals surface area contributed by atoms with E-state index in [1.807, 2.05) is 35.7 Å². The number of benzene rings is 1. The Morgan fingerprint density at radius 3 is 2.50 bits per heavy atom. The second-order valence-corrected chi connectivity index (χ2v) is 5.21. The summed E-state index contributed by atoms with van der Waals surface area (Å²) in [4.78, 5) is 12.7. The molecule has 4 heteroatoms. The lowest BCUT2D eigenvalue weighted by Crippen LogP contribution is -2.01. The van der Waals surface area contributed by atoms with Gasteiger partial charge in [-0.15, -0.1) is 11.3 Å². The van der Waals surface area contributed by atoms with Gasteiger partial charge in [-0.1, -0.05) is 12.1 Å². The van der Waals surface area contributed by atoms with Gasteiger partial charge in [-0.2, -0.15) is 0 Å². The van der Waals surface area contributed by atoms with E-state index in [1.165, 1.54) is 11.3 Å². The lowest BCUT2D eigenvalue weighted by molar-refractivity contribution is 0.0996. The number of nitrogens with two attached hydrogens (primary N) is 1. The van der Waals surface area contributed by atoms with Crippen LogP contribution >= 0.6 is 27.3 Å². The monoisotopic (exact) mass is 295 g/mol. The van der Waals surface area contributed by atoms with E-state index in [0.717, 1.165) is 14.9 Å². The lowest BCUT2D eigenvalue weighted by Gasteiger charge is -2.00. The number of hydrogen-bond donors (Lipinski definition) is 1. The first-order valence-electron chi connectivity index (χ1n) is 4.77. The maximum absolute atomic E-state index is 11.9. The van der Waals surface area contributed by atoms with Crippen molar-refractivity contribution in [3.8, 4) is 0 Å². The topological polar surface area (TPSA) is 43.1 Å². The third-order valence-corrected chi connectivity index (χ3v) is 4.09. The Labute approximate surface area is 106 Å². The van der Waals surface area contributed by atoms with Crippen LogP contribution in [0.5, 0.6) is 0 Å². The number of thiophene rings is 1. The molecule has 0 aliphatic heterocycles. The highest BCUT2D eigenvalue weighted by molar-refractivity contribution is 9.10. The number of carbonyl (C=O) groups is 1. The number of carbonyl (C=O) groups excluding carboxylic acids is 1. The van der Waals surface area contributed by atoms with Crippen molar-refractivity contribution in [3.63, 3.8) is 0 Å². The summed E-state index contributed by atoms with van der Waals surface area (Å²) in [5.41, 5.74) is 7.29. The van der Waals surface area contributed by atoms with E-state index >= 15 is 0 Å². The van der Waals surface area contributed by atoms with Crippen LogP contribution in [0.2, 0.25) is 0 Å². The van der Waals surface area contributed by atoms with Crippen LogP contribution in [0, 0.1) is 0 Å². The maximum Gasteiger partial charge on any atom is 0.178 e. The van der Waals surface area contributed by atoms with E-state index in [4.69, 9.17) is 5.73 Å². The Kier molecular flexibility index (Phi) is 3.41. The van der Waals surface area contributed by atoms with Gasteiger partial charge in [0.25, 0.3) is 0 Å². The number of anilines is 1. The number of ketones is 1. The summed E-state index contributed by atoms with van der Waals surface area (Å²) in [7, 11) is 0. The highest BCUT2D eigenvalue weighted by Crippen LogP contribution is 2.24. The maximum atomic E-state index is 11.9. The molecule has 0 bridgehead atoms. The van der Waals surface area contributed by atoms with Crippen molar-refractivity contribution in [1.82, 2.24) is 0 Å². The zero-order chi connectivity index (χ0) is 11.5. The first kappa shape index (κ1) is 11.4. The summed E-state index contributed by atoms with van der Waals surface area (Å²) in [6.07, 6.45) is 0.416. The molecule has 16 heavy (non-hydrogen) atoms. The minimum absolute atomic E-state index is 0.131. The molecule has 1 aromatic heterocycles. The molecule has 0 aliphatic rings. The summed E-state index contributed by atoms with van der Waals surface area (Å²) >= 11 is 4.82. The molecule has 0 fully saturated rings. The second-order valence-electron chi connectivity index (χ2n) is 3.44. The highest BCUT2D eigenvalue weighted by Gasteiger charge is 2.11. The molecule has 2 nitrogen and oxygen atoms in total. The SMILES string of the molecule is Nc1ccc(CC(=O)c2sccc2Br)cc1. The summed E-state index contributed by atoms with van der Waals surface area (Å²) in [6.45, 7) is 0. The van der Waals surface area contributed by atoms with Crippen LogP contribution in [0.3, 0.4) is 0 Å². The molecule has 0 saturated heterocycles. The predicted octanol–water partition coefficient (Wildman–Crippen LogP) is 3.52. The minimum atomic E-state index is 0.131. The van der Waals surface area contributed by atoms with Crippen LogP contribution in [0.15, 0.2) is 40.2 Å². The van der Waals surface area contributed by atoms with Crippen LogP contribution in [-0.2, 0) is 6.42 Å². The smallest absolute Gasteiger partial charge is 0.178 e. The molecule has 0 unspecified atom stereocenters. The standard InChI is InChI=1S/C12H10BrNOS/c13-10-5-6-16-12(10)11(15)7-8-1-3-9(14)4-2-8/h1-6H,7,14H2. The zero-order valence-electron chi connectivity index (χ0n) is 8.44. The molecule has 2 N–H and O–H groups in total. The minimum Gasteiger partial charge on any atom is -0.399 e. The van der Waals surface area contributed by atoms with Crippen molar-refractivity contribution in [1.29, 1.82) is 0 Å². The summed E-state index contributed by atoms with van der Waals surface area (Å²) in [5.74, 6) is 0.131. The number of hydrogen-bond acceptors (Lipinski definition) is 3. The van der Waals surface area contributed by atoms with Crippen molar-refractivity contribution < 1.29 is 4.79 Å². The Morgan fingerprint density at radius 1 is 1.25 bits per heavy atom. The quantitative estimate of drug-likeness (QED) is 0.695. The predicted molar refractivity (Wildman–Crippen MR) is 70.9 cm³/mol. The molecule has 1 aromatic carbocycles. The fourth-order valence-electron chi connectivity index (χ4n) is 1.39. The second kappa shape index (κ2) is 4.80. The normalized spacial score (nSPS) is 10.3. The molecule has 0 atom stereocenters. The number of nitrogen functional groups attached to an aromatic ring is 1. The van der Waals surface area contributed by atoms with E-state index in [2.05, 4.69) is 15.9 Å². The van der Waals surface area contributed by atoms with Crippen molar-refractivity contribution in [2.24, 2.45) is 0 Å². The van der Waals surface area contributed by atoms with Crippen molar-refractivity contribution >= 4 is 38.7 Å². The van der Waals surface area contributed by atoms with Gasteiger partial charge in [0.15, 0.2) is 5.78 Å². The fourth-order valence-corrected chi connectivity index (χ4v) is 2.93. The summed E-state index contributed by atoms with van der Waals surface area (Å²) in [6, 6.07) is 9.28. The van der Waals surface area contributed by atoms with Crippen LogP contribution in [-0.4, -0.2) is 5.78 Å². The van der Waals surface area contributed by atoms with Crippen molar-refractivity contribution in [2.45, 2.75) is 6.42 Å². The van der Waals surface area contributed by atoms with Gasteiger partial charge in [-0.05, 0) is 45.1 Å². The molecule has 0 saturated carbocycles. The molecule has 0 radical (unpaired) electrons. The van der Waals surface area contributed by atoms with Crippen LogP contribution in [0.25, 0.3) is 0 Å². The van der Waals surface area contributed by atoms with Gasteiger partial charge < -0.3 is 5.73 Å². The molecular weight excluding hydrogens is 286 g/mol. The van der Waals surface area contributed by atoms with Crippen molar-refractivity contribution in [3.05, 3.63) is 50.6 Å². The first-order valence-corrected chi connectivity index (χ1v) is 6.44. The third-order valence-electron chi connectivity index (χ3n) is 2.21. The van der Waals surface area contributed by atoms with Crippen LogP contribution < -0.4 is 5.73 Å².